The summed E-state index contributed by atoms with van der Waals surface area (Å²) in [4.78, 5) is 12.0. The lowest BCUT2D eigenvalue weighted by Gasteiger charge is -2.30. The minimum absolute atomic E-state index is 0.0227. The molecule has 2 fully saturated rings. The van der Waals surface area contributed by atoms with Crippen LogP contribution in [0.2, 0.25) is 0 Å². The second-order valence-electron chi connectivity index (χ2n) is 5.55. The summed E-state index contributed by atoms with van der Waals surface area (Å²) >= 11 is 0. The van der Waals surface area contributed by atoms with Gasteiger partial charge in [-0.1, -0.05) is 12.8 Å². The molecule has 1 unspecified atom stereocenters. The molecule has 2 rings (SSSR count). The van der Waals surface area contributed by atoms with E-state index in [-0.39, 0.29) is 23.2 Å². The highest BCUT2D eigenvalue weighted by atomic mass is 16.6. The Morgan fingerprint density at radius 3 is 2.53 bits per heavy atom. The van der Waals surface area contributed by atoms with Gasteiger partial charge in [0.1, 0.15) is 11.3 Å². The van der Waals surface area contributed by atoms with Gasteiger partial charge in [0, 0.05) is 0 Å². The number of hydrogen-bond donors (Lipinski definition) is 2. The predicted octanol–water partition coefficient (Wildman–Crippen LogP) is 1.32. The largest absolute Gasteiger partial charge is 0.460 e. The second-order valence-corrected chi connectivity index (χ2v) is 5.55. The average Bonchev–Trinajstić information content (AvgIpc) is 2.83. The molecule has 0 aromatic heterocycles. The van der Waals surface area contributed by atoms with Crippen molar-refractivity contribution in [3.63, 3.8) is 0 Å². The fourth-order valence-electron chi connectivity index (χ4n) is 2.24. The van der Waals surface area contributed by atoms with Crippen molar-refractivity contribution >= 4 is 5.97 Å². The molecule has 1 saturated heterocycles. The molecule has 2 aliphatic rings. The van der Waals surface area contributed by atoms with E-state index in [1.54, 1.807) is 0 Å². The number of hydrazine groups is 1. The number of carbonyl (C=O) groups is 1. The number of carbonyl (C=O) groups excluding carboxylic acids is 1. The lowest BCUT2D eigenvalue weighted by Crippen LogP contribution is -2.41. The van der Waals surface area contributed by atoms with Crippen LogP contribution in [0.15, 0.2) is 0 Å². The van der Waals surface area contributed by atoms with Gasteiger partial charge in [-0.05, 0) is 33.6 Å². The van der Waals surface area contributed by atoms with Crippen LogP contribution in [0, 0.1) is 5.92 Å². The quantitative estimate of drug-likeness (QED) is 0.508. The zero-order chi connectivity index (χ0) is 11.1. The van der Waals surface area contributed by atoms with Crippen molar-refractivity contribution in [3.8, 4) is 0 Å². The molecule has 4 heteroatoms. The van der Waals surface area contributed by atoms with Gasteiger partial charge in [-0.3, -0.25) is 4.79 Å². The monoisotopic (exact) mass is 212 g/mol. The van der Waals surface area contributed by atoms with E-state index in [1.807, 2.05) is 20.8 Å². The van der Waals surface area contributed by atoms with Gasteiger partial charge in [0.2, 0.25) is 0 Å². The minimum Gasteiger partial charge on any atom is -0.460 e. The number of nitrogens with one attached hydrogen (secondary N) is 2. The molecule has 1 atom stereocenters. The Hall–Kier alpha value is -0.610. The fourth-order valence-corrected chi connectivity index (χ4v) is 2.24. The Morgan fingerprint density at radius 2 is 2.00 bits per heavy atom. The molecular weight excluding hydrogens is 192 g/mol. The maximum atomic E-state index is 12.0. The molecule has 1 aliphatic heterocycles. The first-order chi connectivity index (χ1) is 6.93. The first kappa shape index (κ1) is 10.9. The Kier molecular flexibility index (Phi) is 2.51. The molecule has 2 N–H and O–H groups in total. The van der Waals surface area contributed by atoms with Crippen molar-refractivity contribution in [2.75, 3.05) is 0 Å². The van der Waals surface area contributed by atoms with Crippen molar-refractivity contribution < 1.29 is 9.53 Å². The third-order valence-electron chi connectivity index (χ3n) is 3.05. The second kappa shape index (κ2) is 3.46. The van der Waals surface area contributed by atoms with E-state index in [4.69, 9.17) is 4.74 Å². The molecule has 4 nitrogen and oxygen atoms in total. The number of rotatable bonds is 1. The van der Waals surface area contributed by atoms with E-state index in [1.165, 1.54) is 6.42 Å². The first-order valence-corrected chi connectivity index (χ1v) is 5.70. The first-order valence-electron chi connectivity index (χ1n) is 5.70. The number of hydrogen-bond acceptors (Lipinski definition) is 4. The third kappa shape index (κ3) is 2.32. The van der Waals surface area contributed by atoms with Crippen LogP contribution in [-0.2, 0) is 9.53 Å². The summed E-state index contributed by atoms with van der Waals surface area (Å²) in [6.45, 7) is 5.73. The van der Waals surface area contributed by atoms with Gasteiger partial charge >= 0.3 is 5.97 Å². The lowest BCUT2D eigenvalue weighted by molar-refractivity contribution is -0.162. The Bertz CT molecular complexity index is 266. The molecule has 0 radical (unpaired) electrons. The maximum absolute atomic E-state index is 12.0. The highest BCUT2D eigenvalue weighted by Gasteiger charge is 2.54. The molecule has 1 aliphatic carbocycles. The van der Waals surface area contributed by atoms with Crippen LogP contribution in [0.4, 0.5) is 0 Å². The SMILES string of the molecule is CC(C)(C)OC(=O)C1CCCCC12NN2. The third-order valence-corrected chi connectivity index (χ3v) is 3.05. The molecule has 0 aromatic rings. The van der Waals surface area contributed by atoms with Crippen molar-refractivity contribution in [3.05, 3.63) is 0 Å². The van der Waals surface area contributed by atoms with Crippen LogP contribution in [0.5, 0.6) is 0 Å². The Balaban J connectivity index is 2.00. The van der Waals surface area contributed by atoms with E-state index < -0.39 is 0 Å². The molecule has 15 heavy (non-hydrogen) atoms. The number of ether oxygens (including phenoxy) is 1. The Labute approximate surface area is 90.7 Å². The molecule has 1 spiro atoms. The summed E-state index contributed by atoms with van der Waals surface area (Å²) < 4.78 is 5.43. The summed E-state index contributed by atoms with van der Waals surface area (Å²) in [5, 5.41) is 0. The lowest BCUT2D eigenvalue weighted by atomic mass is 9.82. The van der Waals surface area contributed by atoms with Crippen molar-refractivity contribution in [2.45, 2.75) is 57.7 Å². The molecule has 86 valence electrons. The van der Waals surface area contributed by atoms with Gasteiger partial charge in [-0.25, -0.2) is 10.9 Å². The van der Waals surface area contributed by atoms with Crippen molar-refractivity contribution in [1.29, 1.82) is 0 Å². The smallest absolute Gasteiger partial charge is 0.312 e. The van der Waals surface area contributed by atoms with Gasteiger partial charge in [-0.2, -0.15) is 0 Å². The van der Waals surface area contributed by atoms with E-state index in [9.17, 15) is 4.79 Å². The maximum Gasteiger partial charge on any atom is 0.312 e. The average molecular weight is 212 g/mol. The van der Waals surface area contributed by atoms with Crippen LogP contribution in [0.3, 0.4) is 0 Å². The normalized spacial score (nSPS) is 28.9. The van der Waals surface area contributed by atoms with Crippen LogP contribution in [0.25, 0.3) is 0 Å². The summed E-state index contributed by atoms with van der Waals surface area (Å²) in [7, 11) is 0. The zero-order valence-corrected chi connectivity index (χ0v) is 9.72. The standard InChI is InChI=1S/C11H20N2O2/c1-10(2,3)15-9(14)8-6-4-5-7-11(8)12-13-11/h8,12-13H,4-7H2,1-3H3. The fraction of sp³-hybridized carbons (Fsp3) is 0.909. The zero-order valence-electron chi connectivity index (χ0n) is 9.72. The van der Waals surface area contributed by atoms with E-state index in [0.29, 0.717) is 0 Å². The topological polar surface area (TPSA) is 70.2 Å². The van der Waals surface area contributed by atoms with Gasteiger partial charge in [0.25, 0.3) is 0 Å². The summed E-state index contributed by atoms with van der Waals surface area (Å²) in [5.41, 5.74) is 5.71. The molecule has 0 amide bonds. The molecular formula is C11H20N2O2. The van der Waals surface area contributed by atoms with E-state index in [2.05, 4.69) is 10.9 Å². The van der Waals surface area contributed by atoms with Gasteiger partial charge in [0.05, 0.1) is 5.92 Å². The van der Waals surface area contributed by atoms with Crippen LogP contribution < -0.4 is 10.9 Å². The molecule has 1 heterocycles. The summed E-state index contributed by atoms with van der Waals surface area (Å²) in [5.74, 6) is -0.0924. The minimum atomic E-state index is -0.384. The Morgan fingerprint density at radius 1 is 1.33 bits per heavy atom. The predicted molar refractivity (Wildman–Crippen MR) is 56.8 cm³/mol. The van der Waals surface area contributed by atoms with Gasteiger partial charge in [0.15, 0.2) is 0 Å². The van der Waals surface area contributed by atoms with Crippen LogP contribution >= 0.6 is 0 Å². The summed E-state index contributed by atoms with van der Waals surface area (Å²) in [6, 6.07) is 0. The molecule has 0 aromatic carbocycles. The van der Waals surface area contributed by atoms with E-state index >= 15 is 0 Å². The number of esters is 1. The van der Waals surface area contributed by atoms with Crippen molar-refractivity contribution in [1.82, 2.24) is 10.9 Å². The van der Waals surface area contributed by atoms with Gasteiger partial charge < -0.3 is 4.74 Å². The van der Waals surface area contributed by atoms with Crippen LogP contribution in [-0.4, -0.2) is 17.2 Å². The highest BCUT2D eigenvalue weighted by Crippen LogP contribution is 2.38. The highest BCUT2D eigenvalue weighted by molar-refractivity contribution is 5.75. The van der Waals surface area contributed by atoms with E-state index in [0.717, 1.165) is 19.3 Å². The molecule has 1 saturated carbocycles. The van der Waals surface area contributed by atoms with Crippen LogP contribution in [0.1, 0.15) is 46.5 Å². The van der Waals surface area contributed by atoms with Gasteiger partial charge in [-0.15, -0.1) is 0 Å². The summed E-state index contributed by atoms with van der Waals surface area (Å²) in [6.07, 6.45) is 4.25. The molecule has 0 bridgehead atoms. The van der Waals surface area contributed by atoms with Crippen molar-refractivity contribution in [2.24, 2.45) is 5.92 Å².